The Bertz CT molecular complexity index is 482. The van der Waals surface area contributed by atoms with Crippen LogP contribution < -0.4 is 5.32 Å². The van der Waals surface area contributed by atoms with Gasteiger partial charge in [0, 0.05) is 24.1 Å². The van der Waals surface area contributed by atoms with Crippen molar-refractivity contribution in [2.75, 3.05) is 0 Å². The van der Waals surface area contributed by atoms with Crippen LogP contribution in [0.5, 0.6) is 0 Å². The summed E-state index contributed by atoms with van der Waals surface area (Å²) in [6.07, 6.45) is 5.72. The van der Waals surface area contributed by atoms with Gasteiger partial charge in [-0.25, -0.2) is 0 Å². The number of Topliss-reactive ketones (excluding diaryl/α,β-unsaturated/α-hetero) is 1. The van der Waals surface area contributed by atoms with E-state index in [0.29, 0.717) is 23.8 Å². The number of ketones is 1. The minimum atomic E-state index is 0.328. The second-order valence-electron chi connectivity index (χ2n) is 6.40. The summed E-state index contributed by atoms with van der Waals surface area (Å²) in [7, 11) is 0. The first-order valence-electron chi connectivity index (χ1n) is 7.48. The molecule has 2 aliphatic rings. The van der Waals surface area contributed by atoms with Crippen LogP contribution in [0.25, 0.3) is 0 Å². The Morgan fingerprint density at radius 2 is 1.84 bits per heavy atom. The average Bonchev–Trinajstić information content (AvgIpc) is 2.72. The van der Waals surface area contributed by atoms with Gasteiger partial charge in [0.25, 0.3) is 0 Å². The third-order valence-corrected chi connectivity index (χ3v) is 4.87. The summed E-state index contributed by atoms with van der Waals surface area (Å²) in [6.45, 7) is 4.17. The normalized spacial score (nSPS) is 29.5. The second kappa shape index (κ2) is 5.09. The Hall–Kier alpha value is -1.15. The molecule has 2 bridgehead atoms. The molecule has 1 aromatic rings. The SMILES string of the molecule is Cc1ccc(C(=O)CC2CC3CCC(C2)N3)cc1C. The zero-order chi connectivity index (χ0) is 13.4. The maximum Gasteiger partial charge on any atom is 0.163 e. The van der Waals surface area contributed by atoms with Gasteiger partial charge in [0.15, 0.2) is 5.78 Å². The molecule has 2 unspecified atom stereocenters. The van der Waals surface area contributed by atoms with Crippen LogP contribution in [0.15, 0.2) is 18.2 Å². The number of hydrogen-bond donors (Lipinski definition) is 1. The van der Waals surface area contributed by atoms with Gasteiger partial charge in [0.2, 0.25) is 0 Å². The Kier molecular flexibility index (Phi) is 3.44. The molecule has 19 heavy (non-hydrogen) atoms. The molecule has 3 rings (SSSR count). The lowest BCUT2D eigenvalue weighted by molar-refractivity contribution is 0.0945. The van der Waals surface area contributed by atoms with Gasteiger partial charge in [-0.15, -0.1) is 0 Å². The van der Waals surface area contributed by atoms with E-state index in [1.807, 2.05) is 12.1 Å². The molecule has 0 spiro atoms. The molecule has 2 atom stereocenters. The highest BCUT2D eigenvalue weighted by atomic mass is 16.1. The number of benzene rings is 1. The summed E-state index contributed by atoms with van der Waals surface area (Å²) in [6, 6.07) is 7.45. The van der Waals surface area contributed by atoms with E-state index in [9.17, 15) is 4.79 Å². The predicted molar refractivity (Wildman–Crippen MR) is 77.5 cm³/mol. The summed E-state index contributed by atoms with van der Waals surface area (Å²) >= 11 is 0. The first-order valence-corrected chi connectivity index (χ1v) is 7.48. The highest BCUT2D eigenvalue weighted by molar-refractivity contribution is 5.96. The van der Waals surface area contributed by atoms with Crippen molar-refractivity contribution in [2.24, 2.45) is 5.92 Å². The molecule has 102 valence electrons. The molecule has 2 heteroatoms. The van der Waals surface area contributed by atoms with Crippen LogP contribution in [0.4, 0.5) is 0 Å². The van der Waals surface area contributed by atoms with Crippen LogP contribution in [0.1, 0.15) is 53.6 Å². The van der Waals surface area contributed by atoms with Crippen LogP contribution in [0.3, 0.4) is 0 Å². The first kappa shape index (κ1) is 12.9. The molecule has 0 saturated carbocycles. The summed E-state index contributed by atoms with van der Waals surface area (Å²) in [4.78, 5) is 12.4. The lowest BCUT2D eigenvalue weighted by Crippen LogP contribution is -2.38. The van der Waals surface area contributed by atoms with Gasteiger partial charge in [-0.3, -0.25) is 4.79 Å². The fourth-order valence-corrected chi connectivity index (χ4v) is 3.64. The monoisotopic (exact) mass is 257 g/mol. The summed E-state index contributed by atoms with van der Waals surface area (Å²) in [5, 5.41) is 3.64. The second-order valence-corrected chi connectivity index (χ2v) is 6.40. The quantitative estimate of drug-likeness (QED) is 0.841. The largest absolute Gasteiger partial charge is 0.311 e. The van der Waals surface area contributed by atoms with E-state index < -0.39 is 0 Å². The topological polar surface area (TPSA) is 29.1 Å². The number of aryl methyl sites for hydroxylation is 2. The summed E-state index contributed by atoms with van der Waals surface area (Å²) < 4.78 is 0. The Morgan fingerprint density at radius 1 is 1.16 bits per heavy atom. The maximum atomic E-state index is 12.4. The molecule has 2 nitrogen and oxygen atoms in total. The predicted octanol–water partition coefficient (Wildman–Crippen LogP) is 3.41. The summed E-state index contributed by atoms with van der Waals surface area (Å²) in [5.74, 6) is 0.919. The van der Waals surface area contributed by atoms with E-state index in [1.165, 1.54) is 36.8 Å². The fraction of sp³-hybridized carbons (Fsp3) is 0.588. The molecule has 0 radical (unpaired) electrons. The number of piperidine rings is 1. The lowest BCUT2D eigenvalue weighted by atomic mass is 9.86. The highest BCUT2D eigenvalue weighted by Crippen LogP contribution is 2.33. The maximum absolute atomic E-state index is 12.4. The third-order valence-electron chi connectivity index (χ3n) is 4.87. The molecule has 1 N–H and O–H groups in total. The van der Waals surface area contributed by atoms with E-state index in [4.69, 9.17) is 0 Å². The van der Waals surface area contributed by atoms with Gasteiger partial charge in [-0.2, -0.15) is 0 Å². The molecule has 0 aliphatic carbocycles. The highest BCUT2D eigenvalue weighted by Gasteiger charge is 2.34. The summed E-state index contributed by atoms with van der Waals surface area (Å²) in [5.41, 5.74) is 3.38. The van der Waals surface area contributed by atoms with Crippen molar-refractivity contribution in [3.8, 4) is 0 Å². The number of carbonyl (C=O) groups excluding carboxylic acids is 1. The van der Waals surface area contributed by atoms with Crippen molar-refractivity contribution in [1.82, 2.24) is 5.32 Å². The Balaban J connectivity index is 1.66. The molecule has 2 heterocycles. The van der Waals surface area contributed by atoms with Gasteiger partial charge >= 0.3 is 0 Å². The molecule has 0 aromatic heterocycles. The van der Waals surface area contributed by atoms with E-state index in [1.54, 1.807) is 0 Å². The van der Waals surface area contributed by atoms with Crippen molar-refractivity contribution in [3.05, 3.63) is 34.9 Å². The molecule has 2 saturated heterocycles. The average molecular weight is 257 g/mol. The van der Waals surface area contributed by atoms with Crippen LogP contribution in [0, 0.1) is 19.8 Å². The standard InChI is InChI=1S/C17H23NO/c1-11-3-4-14(7-12(11)2)17(19)10-13-8-15-5-6-16(9-13)18-15/h3-4,7,13,15-16,18H,5-6,8-10H2,1-2H3. The van der Waals surface area contributed by atoms with Crippen molar-refractivity contribution < 1.29 is 4.79 Å². The van der Waals surface area contributed by atoms with E-state index in [0.717, 1.165) is 12.0 Å². The van der Waals surface area contributed by atoms with Crippen molar-refractivity contribution >= 4 is 5.78 Å². The fourth-order valence-electron chi connectivity index (χ4n) is 3.64. The van der Waals surface area contributed by atoms with Crippen molar-refractivity contribution in [1.29, 1.82) is 0 Å². The Morgan fingerprint density at radius 3 is 2.47 bits per heavy atom. The first-order chi connectivity index (χ1) is 9.11. The van der Waals surface area contributed by atoms with Crippen LogP contribution in [0.2, 0.25) is 0 Å². The van der Waals surface area contributed by atoms with Gasteiger partial charge < -0.3 is 5.32 Å². The molecule has 2 fully saturated rings. The van der Waals surface area contributed by atoms with Gasteiger partial charge in [-0.1, -0.05) is 12.1 Å². The van der Waals surface area contributed by atoms with Crippen molar-refractivity contribution in [3.63, 3.8) is 0 Å². The zero-order valence-corrected chi connectivity index (χ0v) is 11.9. The van der Waals surface area contributed by atoms with Gasteiger partial charge in [0.1, 0.15) is 0 Å². The number of hydrogen-bond acceptors (Lipinski definition) is 2. The third kappa shape index (κ3) is 2.74. The molecule has 2 aliphatic heterocycles. The Labute approximate surface area is 115 Å². The minimum Gasteiger partial charge on any atom is -0.311 e. The van der Waals surface area contributed by atoms with Gasteiger partial charge in [-0.05, 0) is 62.6 Å². The van der Waals surface area contributed by atoms with E-state index in [-0.39, 0.29) is 0 Å². The molecular weight excluding hydrogens is 234 g/mol. The lowest BCUT2D eigenvalue weighted by Gasteiger charge is -2.28. The van der Waals surface area contributed by atoms with Crippen LogP contribution >= 0.6 is 0 Å². The van der Waals surface area contributed by atoms with E-state index in [2.05, 4.69) is 25.2 Å². The van der Waals surface area contributed by atoms with Gasteiger partial charge in [0.05, 0.1) is 0 Å². The minimum absolute atomic E-state index is 0.328. The molecule has 1 aromatic carbocycles. The number of carbonyl (C=O) groups is 1. The zero-order valence-electron chi connectivity index (χ0n) is 11.9. The molecule has 0 amide bonds. The number of fused-ring (bicyclic) bond motifs is 2. The number of nitrogens with one attached hydrogen (secondary N) is 1. The van der Waals surface area contributed by atoms with Crippen LogP contribution in [-0.2, 0) is 0 Å². The van der Waals surface area contributed by atoms with Crippen molar-refractivity contribution in [2.45, 2.75) is 58.0 Å². The number of rotatable bonds is 3. The molecular formula is C17H23NO. The smallest absolute Gasteiger partial charge is 0.163 e. The van der Waals surface area contributed by atoms with Crippen LogP contribution in [-0.4, -0.2) is 17.9 Å². The van der Waals surface area contributed by atoms with E-state index >= 15 is 0 Å².